The predicted molar refractivity (Wildman–Crippen MR) is 50.1 cm³/mol. The molecule has 62 valence electrons. The van der Waals surface area contributed by atoms with E-state index in [-0.39, 0.29) is 0 Å². The lowest BCUT2D eigenvalue weighted by Crippen LogP contribution is -1.99. The maximum Gasteiger partial charge on any atom is 0.0522 e. The van der Waals surface area contributed by atoms with Crippen molar-refractivity contribution < 1.29 is 0 Å². The lowest BCUT2D eigenvalue weighted by atomic mass is 10.3. The molecule has 0 saturated carbocycles. The lowest BCUT2D eigenvalue weighted by Gasteiger charge is -2.02. The molecule has 0 bridgehead atoms. The van der Waals surface area contributed by atoms with Gasteiger partial charge < -0.3 is 0 Å². The Morgan fingerprint density at radius 2 is 2.36 bits per heavy atom. The van der Waals surface area contributed by atoms with Crippen LogP contribution in [0.25, 0.3) is 0 Å². The highest BCUT2D eigenvalue weighted by atomic mass is 79.9. The van der Waals surface area contributed by atoms with Crippen molar-refractivity contribution in [2.45, 2.75) is 26.3 Å². The summed E-state index contributed by atoms with van der Waals surface area (Å²) in [4.78, 5) is 0. The normalized spacial score (nSPS) is 10.9. The van der Waals surface area contributed by atoms with Gasteiger partial charge in [0.15, 0.2) is 0 Å². The number of alkyl halides is 1. The molecule has 3 heteroatoms. The average Bonchev–Trinajstić information content (AvgIpc) is 2.37. The summed E-state index contributed by atoms with van der Waals surface area (Å²) in [5.74, 6) is 0. The van der Waals surface area contributed by atoms with Crippen LogP contribution >= 0.6 is 15.9 Å². The quantitative estimate of drug-likeness (QED) is 0.711. The first kappa shape index (κ1) is 8.78. The Hall–Kier alpha value is -0.310. The van der Waals surface area contributed by atoms with E-state index in [2.05, 4.69) is 41.1 Å². The number of rotatable bonds is 3. The highest BCUT2D eigenvalue weighted by Gasteiger charge is 1.99. The minimum absolute atomic E-state index is 0.471. The number of hydrogen-bond donors (Lipinski definition) is 0. The number of hydrogen-bond acceptors (Lipinski definition) is 1. The van der Waals surface area contributed by atoms with Crippen LogP contribution in [0.5, 0.6) is 0 Å². The number of halogens is 1. The zero-order valence-corrected chi connectivity index (χ0v) is 8.50. The zero-order chi connectivity index (χ0) is 8.27. The van der Waals surface area contributed by atoms with E-state index in [0.29, 0.717) is 6.04 Å². The fourth-order valence-electron chi connectivity index (χ4n) is 0.898. The largest absolute Gasteiger partial charge is 0.270 e. The van der Waals surface area contributed by atoms with Gasteiger partial charge in [0.05, 0.1) is 6.20 Å². The van der Waals surface area contributed by atoms with Gasteiger partial charge in [-0.25, -0.2) is 0 Å². The number of aromatic nitrogens is 2. The lowest BCUT2D eigenvalue weighted by molar-refractivity contribution is 0.532. The standard InChI is InChI=1S/C8H13BrN2/c1-7(2)11-6-8(3-4-9)5-10-11/h5-7H,3-4H2,1-2H3. The summed E-state index contributed by atoms with van der Waals surface area (Å²) in [5.41, 5.74) is 1.30. The van der Waals surface area contributed by atoms with Crippen molar-refractivity contribution in [3.63, 3.8) is 0 Å². The first-order valence-electron chi connectivity index (χ1n) is 3.83. The zero-order valence-electron chi connectivity index (χ0n) is 6.92. The van der Waals surface area contributed by atoms with E-state index in [0.717, 1.165) is 11.8 Å². The highest BCUT2D eigenvalue weighted by Crippen LogP contribution is 2.06. The van der Waals surface area contributed by atoms with Crippen LogP contribution in [-0.4, -0.2) is 15.1 Å². The molecular weight excluding hydrogens is 204 g/mol. The first-order valence-corrected chi connectivity index (χ1v) is 4.95. The van der Waals surface area contributed by atoms with Gasteiger partial charge in [-0.2, -0.15) is 5.10 Å². The van der Waals surface area contributed by atoms with Gasteiger partial charge in [-0.3, -0.25) is 4.68 Å². The van der Waals surface area contributed by atoms with Gasteiger partial charge in [0, 0.05) is 17.6 Å². The van der Waals surface area contributed by atoms with Crippen molar-refractivity contribution in [3.8, 4) is 0 Å². The highest BCUT2D eigenvalue weighted by molar-refractivity contribution is 9.09. The molecule has 0 saturated heterocycles. The maximum absolute atomic E-state index is 4.23. The fourth-order valence-corrected chi connectivity index (χ4v) is 1.36. The molecule has 0 aliphatic heterocycles. The summed E-state index contributed by atoms with van der Waals surface area (Å²) in [6.45, 7) is 4.26. The molecule has 0 aliphatic carbocycles. The summed E-state index contributed by atoms with van der Waals surface area (Å²) in [5, 5.41) is 5.24. The van der Waals surface area contributed by atoms with Crippen LogP contribution < -0.4 is 0 Å². The molecule has 0 spiro atoms. The van der Waals surface area contributed by atoms with E-state index in [1.165, 1.54) is 5.56 Å². The van der Waals surface area contributed by atoms with Crippen LogP contribution in [0.3, 0.4) is 0 Å². The molecule has 0 atom stereocenters. The molecule has 0 amide bonds. The Bertz CT molecular complexity index is 218. The van der Waals surface area contributed by atoms with Gasteiger partial charge in [0.25, 0.3) is 0 Å². The average molecular weight is 217 g/mol. The van der Waals surface area contributed by atoms with Gasteiger partial charge in [0.2, 0.25) is 0 Å². The molecule has 0 radical (unpaired) electrons. The minimum Gasteiger partial charge on any atom is -0.270 e. The summed E-state index contributed by atoms with van der Waals surface area (Å²) in [7, 11) is 0. The Morgan fingerprint density at radius 3 is 2.82 bits per heavy atom. The monoisotopic (exact) mass is 216 g/mol. The Morgan fingerprint density at radius 1 is 1.64 bits per heavy atom. The van der Waals surface area contributed by atoms with E-state index in [1.807, 2.05) is 10.9 Å². The minimum atomic E-state index is 0.471. The first-order chi connectivity index (χ1) is 5.24. The predicted octanol–water partition coefficient (Wildman–Crippen LogP) is 2.40. The molecule has 1 rings (SSSR count). The summed E-state index contributed by atoms with van der Waals surface area (Å²) < 4.78 is 1.98. The molecule has 0 fully saturated rings. The maximum atomic E-state index is 4.23. The van der Waals surface area contributed by atoms with Gasteiger partial charge >= 0.3 is 0 Å². The Kier molecular flexibility index (Phi) is 3.12. The topological polar surface area (TPSA) is 17.8 Å². The van der Waals surface area contributed by atoms with Gasteiger partial charge in [-0.1, -0.05) is 15.9 Å². The molecule has 1 heterocycles. The Balaban J connectivity index is 2.66. The molecule has 1 aromatic rings. The Labute approximate surface area is 75.7 Å². The van der Waals surface area contributed by atoms with Gasteiger partial charge in [0.1, 0.15) is 0 Å². The van der Waals surface area contributed by atoms with Crippen LogP contribution in [0.2, 0.25) is 0 Å². The second kappa shape index (κ2) is 3.90. The number of aryl methyl sites for hydroxylation is 1. The van der Waals surface area contributed by atoms with Crippen LogP contribution in [0.1, 0.15) is 25.5 Å². The second-order valence-corrected chi connectivity index (χ2v) is 3.65. The van der Waals surface area contributed by atoms with E-state index >= 15 is 0 Å². The molecular formula is C8H13BrN2. The molecule has 1 aromatic heterocycles. The van der Waals surface area contributed by atoms with E-state index in [4.69, 9.17) is 0 Å². The van der Waals surface area contributed by atoms with Crippen molar-refractivity contribution in [2.75, 3.05) is 5.33 Å². The summed E-state index contributed by atoms with van der Waals surface area (Å²) >= 11 is 3.40. The number of nitrogens with zero attached hydrogens (tertiary/aromatic N) is 2. The van der Waals surface area contributed by atoms with Crippen LogP contribution in [0.15, 0.2) is 12.4 Å². The summed E-state index contributed by atoms with van der Waals surface area (Å²) in [6.07, 6.45) is 5.10. The molecule has 0 aliphatic rings. The van der Waals surface area contributed by atoms with Crippen molar-refractivity contribution in [2.24, 2.45) is 0 Å². The third kappa shape index (κ3) is 2.33. The van der Waals surface area contributed by atoms with Crippen LogP contribution in [0, 0.1) is 0 Å². The smallest absolute Gasteiger partial charge is 0.0522 e. The third-order valence-corrected chi connectivity index (χ3v) is 1.96. The SMILES string of the molecule is CC(C)n1cc(CCBr)cn1. The molecule has 0 unspecified atom stereocenters. The van der Waals surface area contributed by atoms with E-state index in [1.54, 1.807) is 0 Å². The van der Waals surface area contributed by atoms with E-state index < -0.39 is 0 Å². The summed E-state index contributed by atoms with van der Waals surface area (Å²) in [6, 6.07) is 0.471. The fraction of sp³-hybridized carbons (Fsp3) is 0.625. The second-order valence-electron chi connectivity index (χ2n) is 2.86. The van der Waals surface area contributed by atoms with Crippen LogP contribution in [-0.2, 0) is 6.42 Å². The molecule has 0 aromatic carbocycles. The molecule has 2 nitrogen and oxygen atoms in total. The van der Waals surface area contributed by atoms with E-state index in [9.17, 15) is 0 Å². The van der Waals surface area contributed by atoms with Crippen molar-refractivity contribution in [3.05, 3.63) is 18.0 Å². The third-order valence-electron chi connectivity index (χ3n) is 1.57. The van der Waals surface area contributed by atoms with Gasteiger partial charge in [-0.15, -0.1) is 0 Å². The van der Waals surface area contributed by atoms with Crippen molar-refractivity contribution in [1.82, 2.24) is 9.78 Å². The van der Waals surface area contributed by atoms with Crippen LogP contribution in [0.4, 0.5) is 0 Å². The van der Waals surface area contributed by atoms with Crippen molar-refractivity contribution in [1.29, 1.82) is 0 Å². The molecule has 11 heavy (non-hydrogen) atoms. The van der Waals surface area contributed by atoms with Crippen molar-refractivity contribution >= 4 is 15.9 Å². The molecule has 0 N–H and O–H groups in total. The van der Waals surface area contributed by atoms with Gasteiger partial charge in [-0.05, 0) is 25.8 Å².